The molecule has 21 heavy (non-hydrogen) atoms. The van der Waals surface area contributed by atoms with Gasteiger partial charge in [0.2, 0.25) is 10.0 Å². The number of nitrogens with zero attached hydrogens (tertiary/aromatic N) is 1. The normalized spacial score (nSPS) is 12.1. The van der Waals surface area contributed by atoms with Gasteiger partial charge in [-0.05, 0) is 38.0 Å². The largest absolute Gasteiger partial charge is 0.494 e. The van der Waals surface area contributed by atoms with Gasteiger partial charge in [-0.3, -0.25) is 0 Å². The monoisotopic (exact) mass is 333 g/mol. The fourth-order valence-corrected chi connectivity index (χ4v) is 4.05. The highest BCUT2D eigenvalue weighted by molar-refractivity contribution is 7.89. The van der Waals surface area contributed by atoms with E-state index in [1.165, 1.54) is 4.31 Å². The van der Waals surface area contributed by atoms with E-state index in [-0.39, 0.29) is 16.8 Å². The summed E-state index contributed by atoms with van der Waals surface area (Å²) in [7, 11) is -1.88. The molecule has 0 aliphatic carbocycles. The van der Waals surface area contributed by atoms with Gasteiger partial charge >= 0.3 is 0 Å². The second kappa shape index (κ2) is 8.01. The fourth-order valence-electron chi connectivity index (χ4n) is 2.28. The number of halogens is 1. The van der Waals surface area contributed by atoms with E-state index < -0.39 is 10.0 Å². The topological polar surface area (TPSA) is 46.6 Å². The number of rotatable bonds is 8. The lowest BCUT2D eigenvalue weighted by Gasteiger charge is -2.25. The smallest absolute Gasteiger partial charge is 0.243 e. The molecule has 6 heteroatoms. The van der Waals surface area contributed by atoms with Crippen molar-refractivity contribution in [2.24, 2.45) is 0 Å². The average molecular weight is 334 g/mol. The molecular formula is C15H24ClNO3S. The molecule has 0 bridgehead atoms. The first-order valence-corrected chi connectivity index (χ1v) is 9.19. The van der Waals surface area contributed by atoms with Crippen LogP contribution in [0.4, 0.5) is 0 Å². The van der Waals surface area contributed by atoms with Crippen LogP contribution >= 0.6 is 11.6 Å². The van der Waals surface area contributed by atoms with Crippen molar-refractivity contribution in [2.45, 2.75) is 50.4 Å². The highest BCUT2D eigenvalue weighted by atomic mass is 35.5. The number of hydrogen-bond donors (Lipinski definition) is 0. The standard InChI is InChI=1S/C15H24ClNO3S/c1-5-13(6-2)17(4)21(18,19)14-8-9-15(20-7-3)12(10-14)11-16/h8-10,13H,5-7,11H2,1-4H3. The lowest BCUT2D eigenvalue weighted by Crippen LogP contribution is -2.36. The minimum atomic E-state index is -3.51. The summed E-state index contributed by atoms with van der Waals surface area (Å²) in [5, 5.41) is 0. The van der Waals surface area contributed by atoms with Gasteiger partial charge in [0, 0.05) is 18.7 Å². The third-order valence-electron chi connectivity index (χ3n) is 3.61. The maximum atomic E-state index is 12.7. The van der Waals surface area contributed by atoms with E-state index in [9.17, 15) is 8.42 Å². The first kappa shape index (κ1) is 18.3. The summed E-state index contributed by atoms with van der Waals surface area (Å²) < 4.78 is 32.2. The van der Waals surface area contributed by atoms with Crippen molar-refractivity contribution in [2.75, 3.05) is 13.7 Å². The third kappa shape index (κ3) is 4.11. The molecule has 1 aromatic carbocycles. The molecule has 0 unspecified atom stereocenters. The molecule has 0 atom stereocenters. The molecule has 0 N–H and O–H groups in total. The van der Waals surface area contributed by atoms with Crippen molar-refractivity contribution in [1.82, 2.24) is 4.31 Å². The zero-order valence-corrected chi connectivity index (χ0v) is 14.7. The molecule has 0 spiro atoms. The van der Waals surface area contributed by atoms with E-state index in [0.717, 1.165) is 12.8 Å². The van der Waals surface area contributed by atoms with E-state index in [4.69, 9.17) is 16.3 Å². The maximum Gasteiger partial charge on any atom is 0.243 e. The molecule has 1 aromatic rings. The fraction of sp³-hybridized carbons (Fsp3) is 0.600. The van der Waals surface area contributed by atoms with Crippen LogP contribution in [0.15, 0.2) is 23.1 Å². The van der Waals surface area contributed by atoms with Crippen LogP contribution in [-0.4, -0.2) is 32.4 Å². The van der Waals surface area contributed by atoms with Crippen molar-refractivity contribution in [3.05, 3.63) is 23.8 Å². The van der Waals surface area contributed by atoms with E-state index >= 15 is 0 Å². The molecule has 0 aromatic heterocycles. The Morgan fingerprint density at radius 2 is 1.86 bits per heavy atom. The van der Waals surface area contributed by atoms with Crippen molar-refractivity contribution in [1.29, 1.82) is 0 Å². The Bertz CT molecular complexity index is 556. The van der Waals surface area contributed by atoms with Gasteiger partial charge in [-0.15, -0.1) is 11.6 Å². The molecule has 0 fully saturated rings. The van der Waals surface area contributed by atoms with E-state index in [1.807, 2.05) is 20.8 Å². The lowest BCUT2D eigenvalue weighted by atomic mass is 10.2. The molecule has 120 valence electrons. The second-order valence-corrected chi connectivity index (χ2v) is 7.09. The van der Waals surface area contributed by atoms with Gasteiger partial charge in [0.15, 0.2) is 0 Å². The summed E-state index contributed by atoms with van der Waals surface area (Å²) in [6.45, 7) is 6.37. The number of ether oxygens (including phenoxy) is 1. The van der Waals surface area contributed by atoms with Gasteiger partial charge in [0.05, 0.1) is 17.4 Å². The number of benzene rings is 1. The predicted octanol–water partition coefficient (Wildman–Crippen LogP) is 3.63. The molecule has 4 nitrogen and oxygen atoms in total. The number of alkyl halides is 1. The zero-order chi connectivity index (χ0) is 16.0. The predicted molar refractivity (Wildman–Crippen MR) is 86.5 cm³/mol. The zero-order valence-electron chi connectivity index (χ0n) is 13.1. The van der Waals surface area contributed by atoms with Crippen molar-refractivity contribution < 1.29 is 13.2 Å². The molecular weight excluding hydrogens is 310 g/mol. The molecule has 0 aliphatic rings. The van der Waals surface area contributed by atoms with Crippen LogP contribution in [0.3, 0.4) is 0 Å². The summed E-state index contributed by atoms with van der Waals surface area (Å²) in [5.74, 6) is 0.851. The highest BCUT2D eigenvalue weighted by Crippen LogP contribution is 2.27. The molecule has 0 heterocycles. The van der Waals surface area contributed by atoms with Crippen molar-refractivity contribution in [3.63, 3.8) is 0 Å². The minimum Gasteiger partial charge on any atom is -0.494 e. The van der Waals surface area contributed by atoms with Crippen LogP contribution in [0.25, 0.3) is 0 Å². The molecule has 0 saturated carbocycles. The number of sulfonamides is 1. The van der Waals surface area contributed by atoms with Crippen molar-refractivity contribution in [3.8, 4) is 5.75 Å². The van der Waals surface area contributed by atoms with Crippen molar-refractivity contribution >= 4 is 21.6 Å². The summed E-state index contributed by atoms with van der Waals surface area (Å²) in [4.78, 5) is 0.260. The van der Waals surface area contributed by atoms with Gasteiger partial charge < -0.3 is 4.74 Å². The van der Waals surface area contributed by atoms with Gasteiger partial charge in [-0.25, -0.2) is 8.42 Å². The third-order valence-corrected chi connectivity index (χ3v) is 5.80. The first-order chi connectivity index (χ1) is 9.92. The Labute approximate surface area is 133 Å². The molecule has 0 radical (unpaired) electrons. The van der Waals surface area contributed by atoms with Crippen LogP contribution in [0.2, 0.25) is 0 Å². The summed E-state index contributed by atoms with van der Waals surface area (Å²) in [6, 6.07) is 4.86. The summed E-state index contributed by atoms with van der Waals surface area (Å²) in [5.41, 5.74) is 0.692. The SMILES string of the molecule is CCOc1ccc(S(=O)(=O)N(C)C(CC)CC)cc1CCl. The van der Waals surface area contributed by atoms with Gasteiger partial charge in [-0.2, -0.15) is 4.31 Å². The first-order valence-electron chi connectivity index (χ1n) is 7.21. The maximum absolute atomic E-state index is 12.7. The van der Waals surface area contributed by atoms with Crippen LogP contribution in [0, 0.1) is 0 Å². The molecule has 1 rings (SSSR count). The molecule has 0 amide bonds. The van der Waals surface area contributed by atoms with Gasteiger partial charge in [0.25, 0.3) is 0 Å². The number of hydrogen-bond acceptors (Lipinski definition) is 3. The quantitative estimate of drug-likeness (QED) is 0.682. The lowest BCUT2D eigenvalue weighted by molar-refractivity contribution is 0.337. The van der Waals surface area contributed by atoms with E-state index in [0.29, 0.717) is 17.9 Å². The van der Waals surface area contributed by atoms with Gasteiger partial charge in [-0.1, -0.05) is 13.8 Å². The highest BCUT2D eigenvalue weighted by Gasteiger charge is 2.26. The summed E-state index contributed by atoms with van der Waals surface area (Å²) in [6.07, 6.45) is 1.57. The Morgan fingerprint density at radius 3 is 2.33 bits per heavy atom. The molecule has 0 saturated heterocycles. The Balaban J connectivity index is 3.20. The van der Waals surface area contributed by atoms with Crippen LogP contribution in [0.5, 0.6) is 5.75 Å². The minimum absolute atomic E-state index is 0.000944. The Kier molecular flexibility index (Phi) is 6.97. The van der Waals surface area contributed by atoms with Crippen LogP contribution in [0.1, 0.15) is 39.2 Å². The Hall–Kier alpha value is -0.780. The van der Waals surface area contributed by atoms with E-state index in [1.54, 1.807) is 25.2 Å². The molecule has 0 aliphatic heterocycles. The Morgan fingerprint density at radius 1 is 1.24 bits per heavy atom. The van der Waals surface area contributed by atoms with E-state index in [2.05, 4.69) is 0 Å². The van der Waals surface area contributed by atoms with Crippen LogP contribution in [-0.2, 0) is 15.9 Å². The van der Waals surface area contributed by atoms with Crippen LogP contribution < -0.4 is 4.74 Å². The average Bonchev–Trinajstić information content (AvgIpc) is 2.48. The second-order valence-electron chi connectivity index (χ2n) is 4.83. The summed E-state index contributed by atoms with van der Waals surface area (Å²) >= 11 is 5.90. The van der Waals surface area contributed by atoms with Gasteiger partial charge in [0.1, 0.15) is 5.75 Å².